The molecule has 0 aromatic heterocycles. The molecule has 0 aliphatic heterocycles. The molecule has 0 saturated carbocycles. The Bertz CT molecular complexity index is 129. The molecule has 0 nitrogen and oxygen atoms in total. The molecule has 0 aliphatic rings. The largest absolute Gasteiger partial charge is 0.102 e. The molecule has 0 heteroatoms. The van der Waals surface area contributed by atoms with Crippen LogP contribution in [0.1, 0.15) is 20.3 Å². The Morgan fingerprint density at radius 1 is 1.40 bits per heavy atom. The lowest BCUT2D eigenvalue weighted by atomic mass is 10.1. The van der Waals surface area contributed by atoms with Gasteiger partial charge in [-0.1, -0.05) is 37.3 Å². The molecular formula is C10H16. The van der Waals surface area contributed by atoms with Crippen molar-refractivity contribution in [2.24, 2.45) is 5.92 Å². The molecule has 0 amide bonds. The first-order valence-corrected chi connectivity index (χ1v) is 3.77. The first-order chi connectivity index (χ1) is 4.85. The highest BCUT2D eigenvalue weighted by molar-refractivity contribution is 5.06. The Kier molecular flexibility index (Phi) is 5.85. The summed E-state index contributed by atoms with van der Waals surface area (Å²) >= 11 is 0. The molecule has 1 atom stereocenters. The van der Waals surface area contributed by atoms with Gasteiger partial charge in [-0.25, -0.2) is 0 Å². The first kappa shape index (κ1) is 9.22. The van der Waals surface area contributed by atoms with E-state index in [-0.39, 0.29) is 0 Å². The maximum atomic E-state index is 3.74. The van der Waals surface area contributed by atoms with Crippen molar-refractivity contribution in [2.75, 3.05) is 0 Å². The standard InChI is InChI=1S/C10H16/c1-4-7-8-9-10(5-2)6-3/h4-5,7-10H,2,6H2,1,3H3. The van der Waals surface area contributed by atoms with Crippen molar-refractivity contribution < 1.29 is 0 Å². The summed E-state index contributed by atoms with van der Waals surface area (Å²) in [5.74, 6) is 0.538. The summed E-state index contributed by atoms with van der Waals surface area (Å²) in [5, 5.41) is 0. The van der Waals surface area contributed by atoms with Crippen LogP contribution >= 0.6 is 0 Å². The van der Waals surface area contributed by atoms with Gasteiger partial charge in [0.2, 0.25) is 0 Å². The third kappa shape index (κ3) is 4.13. The van der Waals surface area contributed by atoms with Gasteiger partial charge in [-0.3, -0.25) is 0 Å². The molecule has 0 saturated heterocycles. The number of rotatable bonds is 4. The minimum Gasteiger partial charge on any atom is -0.102 e. The van der Waals surface area contributed by atoms with Crippen LogP contribution < -0.4 is 0 Å². The Labute approximate surface area is 64.0 Å². The van der Waals surface area contributed by atoms with Crippen molar-refractivity contribution in [2.45, 2.75) is 20.3 Å². The summed E-state index contributed by atoms with van der Waals surface area (Å²) in [6.45, 7) is 7.91. The molecule has 0 aromatic rings. The summed E-state index contributed by atoms with van der Waals surface area (Å²) in [6, 6.07) is 0. The summed E-state index contributed by atoms with van der Waals surface area (Å²) < 4.78 is 0. The van der Waals surface area contributed by atoms with E-state index in [0.717, 1.165) is 6.42 Å². The van der Waals surface area contributed by atoms with Gasteiger partial charge in [-0.2, -0.15) is 0 Å². The lowest BCUT2D eigenvalue weighted by Gasteiger charge is -1.98. The Hall–Kier alpha value is -0.780. The van der Waals surface area contributed by atoms with Crippen molar-refractivity contribution in [1.29, 1.82) is 0 Å². The molecule has 0 heterocycles. The molecule has 0 fully saturated rings. The third-order valence-electron chi connectivity index (χ3n) is 1.44. The average molecular weight is 136 g/mol. The summed E-state index contributed by atoms with van der Waals surface area (Å²) in [7, 11) is 0. The van der Waals surface area contributed by atoms with Crippen molar-refractivity contribution in [1.82, 2.24) is 0 Å². The number of allylic oxidation sites excluding steroid dienone is 5. The molecule has 0 bridgehead atoms. The van der Waals surface area contributed by atoms with Crippen LogP contribution in [-0.4, -0.2) is 0 Å². The van der Waals surface area contributed by atoms with E-state index in [2.05, 4.69) is 25.7 Å². The normalized spacial score (nSPS) is 14.6. The average Bonchev–Trinajstić information content (AvgIpc) is 1.99. The highest BCUT2D eigenvalue weighted by Gasteiger charge is 1.90. The van der Waals surface area contributed by atoms with E-state index in [1.165, 1.54) is 0 Å². The smallest absolute Gasteiger partial charge is 0.00557 e. The minimum atomic E-state index is 0.538. The highest BCUT2D eigenvalue weighted by Crippen LogP contribution is 2.04. The van der Waals surface area contributed by atoms with Gasteiger partial charge in [0.25, 0.3) is 0 Å². The van der Waals surface area contributed by atoms with Crippen LogP contribution in [0.15, 0.2) is 37.0 Å². The topological polar surface area (TPSA) is 0 Å². The maximum Gasteiger partial charge on any atom is -0.00557 e. The first-order valence-electron chi connectivity index (χ1n) is 3.77. The van der Waals surface area contributed by atoms with Crippen molar-refractivity contribution in [3.63, 3.8) is 0 Å². The zero-order chi connectivity index (χ0) is 7.82. The molecule has 0 N–H and O–H groups in total. The predicted molar refractivity (Wildman–Crippen MR) is 47.9 cm³/mol. The van der Waals surface area contributed by atoms with E-state index in [4.69, 9.17) is 0 Å². The minimum absolute atomic E-state index is 0.538. The molecule has 1 unspecified atom stereocenters. The van der Waals surface area contributed by atoms with Gasteiger partial charge in [0, 0.05) is 0 Å². The molecule has 56 valence electrons. The summed E-state index contributed by atoms with van der Waals surface area (Å²) in [5.41, 5.74) is 0. The van der Waals surface area contributed by atoms with Crippen molar-refractivity contribution in [3.8, 4) is 0 Å². The van der Waals surface area contributed by atoms with E-state index in [9.17, 15) is 0 Å². The Balaban J connectivity index is 3.71. The number of hydrogen-bond donors (Lipinski definition) is 0. The highest BCUT2D eigenvalue weighted by atomic mass is 14.0. The fourth-order valence-corrected chi connectivity index (χ4v) is 0.699. The zero-order valence-electron chi connectivity index (χ0n) is 6.88. The quantitative estimate of drug-likeness (QED) is 0.411. The fraction of sp³-hybridized carbons (Fsp3) is 0.400. The van der Waals surface area contributed by atoms with Gasteiger partial charge in [-0.05, 0) is 19.3 Å². The van der Waals surface area contributed by atoms with E-state index in [1.54, 1.807) is 0 Å². The molecule has 10 heavy (non-hydrogen) atoms. The van der Waals surface area contributed by atoms with Gasteiger partial charge in [0.05, 0.1) is 0 Å². The second-order valence-corrected chi connectivity index (χ2v) is 2.22. The Morgan fingerprint density at radius 2 is 2.10 bits per heavy atom. The lowest BCUT2D eigenvalue weighted by molar-refractivity contribution is 0.776. The van der Waals surface area contributed by atoms with Crippen LogP contribution in [0.5, 0.6) is 0 Å². The van der Waals surface area contributed by atoms with Gasteiger partial charge in [-0.15, -0.1) is 6.58 Å². The fourth-order valence-electron chi connectivity index (χ4n) is 0.699. The summed E-state index contributed by atoms with van der Waals surface area (Å²) in [4.78, 5) is 0. The number of hydrogen-bond acceptors (Lipinski definition) is 0. The van der Waals surface area contributed by atoms with Crippen molar-refractivity contribution in [3.05, 3.63) is 37.0 Å². The molecule has 0 rings (SSSR count). The maximum absolute atomic E-state index is 3.74. The summed E-state index contributed by atoms with van der Waals surface area (Å²) in [6.07, 6.45) is 11.4. The predicted octanol–water partition coefficient (Wildman–Crippen LogP) is 3.33. The van der Waals surface area contributed by atoms with Gasteiger partial charge >= 0.3 is 0 Å². The van der Waals surface area contributed by atoms with Gasteiger partial charge < -0.3 is 0 Å². The molecule has 0 aromatic carbocycles. The second kappa shape index (κ2) is 6.34. The molecule has 0 spiro atoms. The van der Waals surface area contributed by atoms with Crippen LogP contribution in [0.3, 0.4) is 0 Å². The third-order valence-corrected chi connectivity index (χ3v) is 1.44. The van der Waals surface area contributed by atoms with Crippen LogP contribution in [-0.2, 0) is 0 Å². The SMILES string of the molecule is C=CC(C=CC=CC)CC. The lowest BCUT2D eigenvalue weighted by Crippen LogP contribution is -1.85. The van der Waals surface area contributed by atoms with Crippen molar-refractivity contribution >= 4 is 0 Å². The van der Waals surface area contributed by atoms with E-state index >= 15 is 0 Å². The van der Waals surface area contributed by atoms with Gasteiger partial charge in [0.1, 0.15) is 0 Å². The molecule has 0 aliphatic carbocycles. The van der Waals surface area contributed by atoms with Crippen LogP contribution in [0.25, 0.3) is 0 Å². The van der Waals surface area contributed by atoms with E-state index in [0.29, 0.717) is 5.92 Å². The van der Waals surface area contributed by atoms with E-state index in [1.807, 2.05) is 25.2 Å². The van der Waals surface area contributed by atoms with Crippen LogP contribution in [0.4, 0.5) is 0 Å². The van der Waals surface area contributed by atoms with E-state index < -0.39 is 0 Å². The Morgan fingerprint density at radius 3 is 2.50 bits per heavy atom. The zero-order valence-corrected chi connectivity index (χ0v) is 6.88. The molecular weight excluding hydrogens is 120 g/mol. The van der Waals surface area contributed by atoms with Gasteiger partial charge in [0.15, 0.2) is 0 Å². The monoisotopic (exact) mass is 136 g/mol. The van der Waals surface area contributed by atoms with Crippen LogP contribution in [0.2, 0.25) is 0 Å². The molecule has 0 radical (unpaired) electrons. The second-order valence-electron chi connectivity index (χ2n) is 2.22. The van der Waals surface area contributed by atoms with Crippen LogP contribution in [0, 0.1) is 5.92 Å².